The van der Waals surface area contributed by atoms with E-state index < -0.39 is 0 Å². The monoisotopic (exact) mass is 237 g/mol. The van der Waals surface area contributed by atoms with Crippen LogP contribution in [0.5, 0.6) is 0 Å². The summed E-state index contributed by atoms with van der Waals surface area (Å²) in [6.45, 7) is 3.47. The minimum atomic E-state index is 0.00491. The first-order valence-corrected chi connectivity index (χ1v) is 6.43. The Morgan fingerprint density at radius 2 is 2.19 bits per heavy atom. The predicted octanol–water partition coefficient (Wildman–Crippen LogP) is 1.16. The van der Waals surface area contributed by atoms with Gasteiger partial charge in [0.2, 0.25) is 0 Å². The molecule has 1 amide bonds. The van der Waals surface area contributed by atoms with Gasteiger partial charge in [-0.3, -0.25) is 9.78 Å². The summed E-state index contributed by atoms with van der Waals surface area (Å²) < 4.78 is 0. The number of aryl methyl sites for hydroxylation is 1. The van der Waals surface area contributed by atoms with Crippen LogP contribution in [0.15, 0.2) is 12.3 Å². The van der Waals surface area contributed by atoms with Crippen molar-refractivity contribution < 1.29 is 4.79 Å². The highest BCUT2D eigenvalue weighted by Crippen LogP contribution is 2.17. The molecule has 0 spiro atoms. The van der Waals surface area contributed by atoms with E-state index in [9.17, 15) is 4.79 Å². The SMILES string of the molecule is Cc1cc(N)c(C(=O)N2CCSCC2)cn1. The molecule has 1 aliphatic heterocycles. The summed E-state index contributed by atoms with van der Waals surface area (Å²) in [7, 11) is 0. The third-order valence-electron chi connectivity index (χ3n) is 2.60. The highest BCUT2D eigenvalue weighted by Gasteiger charge is 2.20. The second-order valence-electron chi connectivity index (χ2n) is 3.82. The number of amides is 1. The van der Waals surface area contributed by atoms with Crippen LogP contribution in [-0.4, -0.2) is 40.4 Å². The molecule has 2 heterocycles. The molecule has 0 unspecified atom stereocenters. The van der Waals surface area contributed by atoms with Gasteiger partial charge < -0.3 is 10.6 Å². The largest absolute Gasteiger partial charge is 0.398 e. The van der Waals surface area contributed by atoms with Gasteiger partial charge in [0.25, 0.3) is 5.91 Å². The lowest BCUT2D eigenvalue weighted by Gasteiger charge is -2.26. The fraction of sp³-hybridized carbons (Fsp3) is 0.455. The quantitative estimate of drug-likeness (QED) is 0.796. The molecule has 1 fully saturated rings. The number of rotatable bonds is 1. The molecule has 0 bridgehead atoms. The maximum absolute atomic E-state index is 12.1. The van der Waals surface area contributed by atoms with Crippen molar-refractivity contribution in [2.45, 2.75) is 6.92 Å². The minimum Gasteiger partial charge on any atom is -0.398 e. The number of thioether (sulfide) groups is 1. The maximum Gasteiger partial charge on any atom is 0.257 e. The van der Waals surface area contributed by atoms with Crippen LogP contribution >= 0.6 is 11.8 Å². The van der Waals surface area contributed by atoms with Gasteiger partial charge in [-0.2, -0.15) is 11.8 Å². The van der Waals surface area contributed by atoms with E-state index in [1.54, 1.807) is 12.3 Å². The number of pyridine rings is 1. The highest BCUT2D eigenvalue weighted by atomic mass is 32.2. The summed E-state index contributed by atoms with van der Waals surface area (Å²) in [6, 6.07) is 1.74. The van der Waals surface area contributed by atoms with E-state index in [0.717, 1.165) is 30.3 Å². The standard InChI is InChI=1S/C11H15N3OS/c1-8-6-10(12)9(7-13-8)11(15)14-2-4-16-5-3-14/h6-7H,2-5H2,1H3,(H2,12,13). The van der Waals surface area contributed by atoms with Gasteiger partial charge in [-0.05, 0) is 13.0 Å². The van der Waals surface area contributed by atoms with Crippen LogP contribution in [0.3, 0.4) is 0 Å². The van der Waals surface area contributed by atoms with Gasteiger partial charge in [0.1, 0.15) is 0 Å². The summed E-state index contributed by atoms with van der Waals surface area (Å²) in [5.41, 5.74) is 7.72. The molecular formula is C11H15N3OS. The molecule has 0 atom stereocenters. The van der Waals surface area contributed by atoms with Gasteiger partial charge in [0.15, 0.2) is 0 Å². The second kappa shape index (κ2) is 4.74. The molecule has 2 N–H and O–H groups in total. The van der Waals surface area contributed by atoms with Crippen LogP contribution in [0.25, 0.3) is 0 Å². The van der Waals surface area contributed by atoms with E-state index in [1.807, 2.05) is 23.6 Å². The van der Waals surface area contributed by atoms with Crippen molar-refractivity contribution in [2.75, 3.05) is 30.3 Å². The molecule has 86 valence electrons. The van der Waals surface area contributed by atoms with Crippen molar-refractivity contribution in [1.82, 2.24) is 9.88 Å². The predicted molar refractivity (Wildman–Crippen MR) is 66.6 cm³/mol. The fourth-order valence-corrected chi connectivity index (χ4v) is 2.60. The Kier molecular flexibility index (Phi) is 3.33. The Morgan fingerprint density at radius 3 is 2.81 bits per heavy atom. The number of carbonyl (C=O) groups excluding carboxylic acids is 1. The molecule has 0 aromatic carbocycles. The lowest BCUT2D eigenvalue weighted by Crippen LogP contribution is -2.38. The lowest BCUT2D eigenvalue weighted by atomic mass is 10.2. The Morgan fingerprint density at radius 1 is 1.50 bits per heavy atom. The molecule has 1 aromatic rings. The summed E-state index contributed by atoms with van der Waals surface area (Å²) in [4.78, 5) is 18.1. The van der Waals surface area contributed by atoms with Crippen LogP contribution in [0, 0.1) is 6.92 Å². The summed E-state index contributed by atoms with van der Waals surface area (Å²) >= 11 is 1.88. The highest BCUT2D eigenvalue weighted by molar-refractivity contribution is 7.99. The zero-order valence-electron chi connectivity index (χ0n) is 9.27. The van der Waals surface area contributed by atoms with E-state index in [2.05, 4.69) is 4.98 Å². The zero-order chi connectivity index (χ0) is 11.5. The van der Waals surface area contributed by atoms with E-state index in [4.69, 9.17) is 5.73 Å². The molecule has 0 aliphatic carbocycles. The average Bonchev–Trinajstić information content (AvgIpc) is 2.29. The molecule has 1 aliphatic rings. The van der Waals surface area contributed by atoms with E-state index >= 15 is 0 Å². The molecule has 1 aromatic heterocycles. The van der Waals surface area contributed by atoms with Crippen molar-refractivity contribution in [3.05, 3.63) is 23.5 Å². The molecule has 4 nitrogen and oxygen atoms in total. The average molecular weight is 237 g/mol. The smallest absolute Gasteiger partial charge is 0.257 e. The lowest BCUT2D eigenvalue weighted by molar-refractivity contribution is 0.0773. The van der Waals surface area contributed by atoms with Crippen LogP contribution in [0.4, 0.5) is 5.69 Å². The van der Waals surface area contributed by atoms with Crippen molar-refractivity contribution in [3.8, 4) is 0 Å². The van der Waals surface area contributed by atoms with Gasteiger partial charge in [-0.15, -0.1) is 0 Å². The fourth-order valence-electron chi connectivity index (χ4n) is 1.70. The van der Waals surface area contributed by atoms with Crippen molar-refractivity contribution >= 4 is 23.4 Å². The zero-order valence-corrected chi connectivity index (χ0v) is 10.1. The van der Waals surface area contributed by atoms with Crippen molar-refractivity contribution in [3.63, 3.8) is 0 Å². The number of hydrogen-bond donors (Lipinski definition) is 1. The molecule has 16 heavy (non-hydrogen) atoms. The van der Waals surface area contributed by atoms with Crippen LogP contribution in [0.2, 0.25) is 0 Å². The molecule has 1 saturated heterocycles. The molecule has 0 saturated carbocycles. The molecule has 5 heteroatoms. The Labute approximate surface area is 99.2 Å². The Balaban J connectivity index is 2.19. The van der Waals surface area contributed by atoms with Gasteiger partial charge in [0, 0.05) is 42.2 Å². The number of nitrogens with zero attached hydrogens (tertiary/aromatic N) is 2. The van der Waals surface area contributed by atoms with E-state index in [-0.39, 0.29) is 5.91 Å². The van der Waals surface area contributed by atoms with Crippen molar-refractivity contribution in [1.29, 1.82) is 0 Å². The van der Waals surface area contributed by atoms with Gasteiger partial charge in [0.05, 0.1) is 5.56 Å². The molecule has 0 radical (unpaired) electrons. The summed E-state index contributed by atoms with van der Waals surface area (Å²) in [5, 5.41) is 0. The van der Waals surface area contributed by atoms with Gasteiger partial charge in [-0.25, -0.2) is 0 Å². The number of nitrogens with two attached hydrogens (primary N) is 1. The van der Waals surface area contributed by atoms with Crippen LogP contribution < -0.4 is 5.73 Å². The topological polar surface area (TPSA) is 59.2 Å². The number of aromatic nitrogens is 1. The number of anilines is 1. The van der Waals surface area contributed by atoms with Crippen molar-refractivity contribution in [2.24, 2.45) is 0 Å². The summed E-state index contributed by atoms with van der Waals surface area (Å²) in [5.74, 6) is 2.01. The first-order valence-electron chi connectivity index (χ1n) is 5.27. The minimum absolute atomic E-state index is 0.00491. The molecule has 2 rings (SSSR count). The third kappa shape index (κ3) is 2.29. The van der Waals surface area contributed by atoms with E-state index in [1.165, 1.54) is 0 Å². The van der Waals surface area contributed by atoms with E-state index in [0.29, 0.717) is 11.3 Å². The number of nitrogen functional groups attached to an aromatic ring is 1. The first kappa shape index (κ1) is 11.3. The van der Waals surface area contributed by atoms with Crippen LogP contribution in [-0.2, 0) is 0 Å². The maximum atomic E-state index is 12.1. The normalized spacial score (nSPS) is 16.2. The second-order valence-corrected chi connectivity index (χ2v) is 5.04. The number of carbonyl (C=O) groups is 1. The Bertz CT molecular complexity index is 402. The Hall–Kier alpha value is -1.23. The van der Waals surface area contributed by atoms with Crippen LogP contribution in [0.1, 0.15) is 16.1 Å². The summed E-state index contributed by atoms with van der Waals surface area (Å²) in [6.07, 6.45) is 1.58. The van der Waals surface area contributed by atoms with Gasteiger partial charge >= 0.3 is 0 Å². The molecular weight excluding hydrogens is 222 g/mol. The first-order chi connectivity index (χ1) is 7.68. The number of hydrogen-bond acceptors (Lipinski definition) is 4. The van der Waals surface area contributed by atoms with Gasteiger partial charge in [-0.1, -0.05) is 0 Å². The third-order valence-corrected chi connectivity index (χ3v) is 3.54.